The van der Waals surface area contributed by atoms with E-state index in [1.165, 1.54) is 18.4 Å². The van der Waals surface area contributed by atoms with Gasteiger partial charge in [-0.1, -0.05) is 23.2 Å². The van der Waals surface area contributed by atoms with Crippen LogP contribution in [0.5, 0.6) is 5.88 Å². The molecule has 210 valence electrons. The maximum Gasteiger partial charge on any atom is 0.528 e. The van der Waals surface area contributed by atoms with Gasteiger partial charge in [0.1, 0.15) is 22.3 Å². The van der Waals surface area contributed by atoms with E-state index in [1.54, 1.807) is 33.9 Å². The summed E-state index contributed by atoms with van der Waals surface area (Å²) < 4.78 is 23.3. The SMILES string of the molecule is COc1ncc(C(=O)N=c2c(Cl)cn(O)cc2Cl)c2cc(C3(OC)CCN(OC(=O)OC(C)(C)C)CC3)oc12. The molecule has 0 atom stereocenters. The number of nitrogens with zero attached hydrogens (tertiary/aromatic N) is 4. The molecule has 1 amide bonds. The predicted octanol–water partition coefficient (Wildman–Crippen LogP) is 4.73. The van der Waals surface area contributed by atoms with E-state index in [4.69, 9.17) is 46.7 Å². The molecule has 1 saturated heterocycles. The summed E-state index contributed by atoms with van der Waals surface area (Å²) in [6.07, 6.45) is 3.65. The van der Waals surface area contributed by atoms with Crippen molar-refractivity contribution < 1.29 is 38.3 Å². The molecular formula is C25H28Cl2N4O8. The molecular weight excluding hydrogens is 555 g/mol. The summed E-state index contributed by atoms with van der Waals surface area (Å²) in [5.41, 5.74) is -1.21. The third-order valence-electron chi connectivity index (χ3n) is 6.07. The zero-order chi connectivity index (χ0) is 28.5. The number of rotatable bonds is 5. The third kappa shape index (κ3) is 6.14. The first-order chi connectivity index (χ1) is 18.4. The largest absolute Gasteiger partial charge is 0.528 e. The second-order valence-corrected chi connectivity index (χ2v) is 10.6. The molecule has 14 heteroatoms. The Morgan fingerprint density at radius 3 is 2.36 bits per heavy atom. The van der Waals surface area contributed by atoms with Crippen LogP contribution < -0.4 is 10.1 Å². The number of carbonyl (C=O) groups excluding carboxylic acids is 2. The van der Waals surface area contributed by atoms with Gasteiger partial charge in [0.05, 0.1) is 35.1 Å². The maximum absolute atomic E-state index is 13.2. The molecule has 0 bridgehead atoms. The predicted molar refractivity (Wildman–Crippen MR) is 139 cm³/mol. The van der Waals surface area contributed by atoms with Crippen molar-refractivity contribution in [2.45, 2.75) is 44.8 Å². The molecule has 0 spiro atoms. The highest BCUT2D eigenvalue weighted by Gasteiger charge is 2.41. The lowest BCUT2D eigenvalue weighted by molar-refractivity contribution is -0.185. The number of hydrogen-bond donors (Lipinski definition) is 1. The van der Waals surface area contributed by atoms with Crippen LogP contribution in [0.25, 0.3) is 11.0 Å². The van der Waals surface area contributed by atoms with Gasteiger partial charge in [-0.3, -0.25) is 4.79 Å². The van der Waals surface area contributed by atoms with Gasteiger partial charge in [-0.25, -0.2) is 14.8 Å². The second kappa shape index (κ2) is 11.0. The van der Waals surface area contributed by atoms with Crippen LogP contribution in [0.2, 0.25) is 10.0 Å². The van der Waals surface area contributed by atoms with E-state index in [9.17, 15) is 14.8 Å². The van der Waals surface area contributed by atoms with E-state index in [1.807, 2.05) is 0 Å². The molecule has 0 unspecified atom stereocenters. The number of methoxy groups -OCH3 is 2. The zero-order valence-corrected chi connectivity index (χ0v) is 23.5. The van der Waals surface area contributed by atoms with Crippen LogP contribution in [0.1, 0.15) is 49.7 Å². The average molecular weight is 583 g/mol. The quantitative estimate of drug-likeness (QED) is 0.332. The van der Waals surface area contributed by atoms with Gasteiger partial charge < -0.3 is 28.7 Å². The van der Waals surface area contributed by atoms with E-state index in [2.05, 4.69) is 9.98 Å². The number of aromatic nitrogens is 2. The first kappa shape index (κ1) is 28.7. The Hall–Kier alpha value is -3.32. The summed E-state index contributed by atoms with van der Waals surface area (Å²) in [7, 11) is 2.99. The summed E-state index contributed by atoms with van der Waals surface area (Å²) in [5.74, 6) is -0.0785. The van der Waals surface area contributed by atoms with Crippen LogP contribution in [0, 0.1) is 0 Å². The molecule has 1 fully saturated rings. The molecule has 1 aliphatic heterocycles. The van der Waals surface area contributed by atoms with E-state index < -0.39 is 23.3 Å². The van der Waals surface area contributed by atoms with Crippen molar-refractivity contribution in [1.82, 2.24) is 14.8 Å². The van der Waals surface area contributed by atoms with E-state index in [-0.39, 0.29) is 32.4 Å². The summed E-state index contributed by atoms with van der Waals surface area (Å²) in [6, 6.07) is 1.69. The number of fused-ring (bicyclic) bond motifs is 1. The van der Waals surface area contributed by atoms with Gasteiger partial charge in [-0.2, -0.15) is 4.73 Å². The Balaban J connectivity index is 1.66. The van der Waals surface area contributed by atoms with Crippen molar-refractivity contribution in [2.75, 3.05) is 27.3 Å². The highest BCUT2D eigenvalue weighted by molar-refractivity contribution is 6.34. The fourth-order valence-electron chi connectivity index (χ4n) is 4.18. The molecule has 4 rings (SSSR count). The third-order valence-corrected chi connectivity index (χ3v) is 6.62. The van der Waals surface area contributed by atoms with Crippen molar-refractivity contribution >= 4 is 46.2 Å². The molecule has 1 N–H and O–H groups in total. The molecule has 4 heterocycles. The Morgan fingerprint density at radius 1 is 1.15 bits per heavy atom. The van der Waals surface area contributed by atoms with E-state index in [0.29, 0.717) is 41.8 Å². The maximum atomic E-state index is 13.2. The van der Waals surface area contributed by atoms with Crippen LogP contribution in [0.3, 0.4) is 0 Å². The number of ether oxygens (including phenoxy) is 3. The van der Waals surface area contributed by atoms with Crippen molar-refractivity contribution in [1.29, 1.82) is 0 Å². The minimum Gasteiger partial charge on any atom is -0.478 e. The topological polar surface area (TPSA) is 138 Å². The fourth-order valence-corrected chi connectivity index (χ4v) is 4.72. The van der Waals surface area contributed by atoms with Gasteiger partial charge in [0.15, 0.2) is 5.58 Å². The minimum absolute atomic E-state index is 0.00737. The fraction of sp³-hybridized carbons (Fsp3) is 0.440. The number of hydroxylamine groups is 2. The highest BCUT2D eigenvalue weighted by Crippen LogP contribution is 2.41. The van der Waals surface area contributed by atoms with Gasteiger partial charge in [0, 0.05) is 31.8 Å². The standard InChI is InChI=1S/C25H28Cl2N4O8/c1-24(2,3)38-23(33)39-31-8-6-25(36-5,7-9-31)18-10-14-15(11-28-22(35-4)20(14)37-18)21(32)29-19-16(26)12-30(34)13-17(19)27/h10-13,34H,6-9H2,1-5H3. The Labute approximate surface area is 233 Å². The summed E-state index contributed by atoms with van der Waals surface area (Å²) in [5, 5.41) is 11.4. The van der Waals surface area contributed by atoms with E-state index >= 15 is 0 Å². The molecule has 0 aromatic carbocycles. The molecule has 0 saturated carbocycles. The first-order valence-electron chi connectivity index (χ1n) is 11.9. The molecule has 3 aromatic rings. The van der Waals surface area contributed by atoms with Crippen molar-refractivity contribution in [3.63, 3.8) is 0 Å². The number of carbonyl (C=O) groups is 2. The zero-order valence-electron chi connectivity index (χ0n) is 22.0. The van der Waals surface area contributed by atoms with Crippen LogP contribution >= 0.6 is 23.2 Å². The Morgan fingerprint density at radius 2 is 1.79 bits per heavy atom. The molecule has 0 aliphatic carbocycles. The van der Waals surface area contributed by atoms with Crippen molar-refractivity contribution in [3.8, 4) is 5.88 Å². The molecule has 12 nitrogen and oxygen atoms in total. The number of amides is 1. The molecule has 1 aliphatic rings. The van der Waals surface area contributed by atoms with Gasteiger partial charge in [0.2, 0.25) is 0 Å². The summed E-state index contributed by atoms with van der Waals surface area (Å²) in [6.45, 7) is 5.95. The van der Waals surface area contributed by atoms with Gasteiger partial charge in [-0.05, 0) is 39.7 Å². The average Bonchev–Trinajstić information content (AvgIpc) is 3.31. The molecule has 0 radical (unpaired) electrons. The van der Waals surface area contributed by atoms with Crippen LogP contribution in [-0.2, 0) is 19.9 Å². The number of hydrogen-bond acceptors (Lipinski definition) is 10. The first-order valence-corrected chi connectivity index (χ1v) is 12.6. The van der Waals surface area contributed by atoms with Crippen LogP contribution in [-0.4, -0.2) is 65.0 Å². The lowest BCUT2D eigenvalue weighted by Gasteiger charge is -2.38. The lowest BCUT2D eigenvalue weighted by Crippen LogP contribution is -2.44. The van der Waals surface area contributed by atoms with E-state index in [0.717, 1.165) is 12.4 Å². The van der Waals surface area contributed by atoms with Crippen molar-refractivity contribution in [2.24, 2.45) is 4.99 Å². The van der Waals surface area contributed by atoms with Gasteiger partial charge >= 0.3 is 6.16 Å². The number of piperidine rings is 1. The lowest BCUT2D eigenvalue weighted by atomic mass is 9.89. The van der Waals surface area contributed by atoms with Crippen molar-refractivity contribution in [3.05, 3.63) is 51.4 Å². The molecule has 39 heavy (non-hydrogen) atoms. The summed E-state index contributed by atoms with van der Waals surface area (Å²) in [4.78, 5) is 38.9. The summed E-state index contributed by atoms with van der Waals surface area (Å²) >= 11 is 12.2. The number of halogens is 2. The van der Waals surface area contributed by atoms with Crippen LogP contribution in [0.15, 0.2) is 34.1 Å². The number of pyridine rings is 2. The highest BCUT2D eigenvalue weighted by atomic mass is 35.5. The Kier molecular flexibility index (Phi) is 8.12. The normalized spacial score (nSPS) is 15.7. The molecule has 3 aromatic heterocycles. The van der Waals surface area contributed by atoms with Gasteiger partial charge in [-0.15, -0.1) is 5.06 Å². The van der Waals surface area contributed by atoms with Gasteiger partial charge in [0.25, 0.3) is 11.8 Å². The number of furan rings is 1. The monoisotopic (exact) mass is 582 g/mol. The second-order valence-electron chi connectivity index (χ2n) is 9.82. The minimum atomic E-state index is -0.879. The van der Waals surface area contributed by atoms with Crippen LogP contribution in [0.4, 0.5) is 4.79 Å². The smallest absolute Gasteiger partial charge is 0.478 e. The Bertz CT molecular complexity index is 1440.